The molecule has 2 fully saturated rings. The summed E-state index contributed by atoms with van der Waals surface area (Å²) in [4.78, 5) is 11.7. The Labute approximate surface area is 97.3 Å². The van der Waals surface area contributed by atoms with Crippen LogP contribution in [0.5, 0.6) is 0 Å². The third-order valence-electron chi connectivity index (χ3n) is 3.75. The highest BCUT2D eigenvalue weighted by molar-refractivity contribution is 5.74. The molecule has 4 nitrogen and oxygen atoms in total. The van der Waals surface area contributed by atoms with Gasteiger partial charge in [0.15, 0.2) is 0 Å². The van der Waals surface area contributed by atoms with Crippen LogP contribution >= 0.6 is 0 Å². The number of hydrogen-bond acceptors (Lipinski definition) is 2. The summed E-state index contributed by atoms with van der Waals surface area (Å²) >= 11 is 0. The molecule has 0 saturated heterocycles. The molecule has 0 aromatic heterocycles. The van der Waals surface area contributed by atoms with Gasteiger partial charge in [0.25, 0.3) is 0 Å². The van der Waals surface area contributed by atoms with E-state index in [-0.39, 0.29) is 12.1 Å². The van der Waals surface area contributed by atoms with Crippen LogP contribution in [0.25, 0.3) is 0 Å². The lowest BCUT2D eigenvalue weighted by Gasteiger charge is -2.24. The number of carbonyl (C=O) groups is 1. The molecule has 2 saturated carbocycles. The molecule has 0 bridgehead atoms. The molecular weight excluding hydrogens is 202 g/mol. The molecule has 0 radical (unpaired) electrons. The lowest BCUT2D eigenvalue weighted by Crippen LogP contribution is -2.46. The average Bonchev–Trinajstić information content (AvgIpc) is 2.65. The molecule has 92 valence electrons. The second-order valence-electron chi connectivity index (χ2n) is 5.22. The van der Waals surface area contributed by atoms with Gasteiger partial charge in [-0.2, -0.15) is 0 Å². The highest BCUT2D eigenvalue weighted by atomic mass is 16.2. The van der Waals surface area contributed by atoms with E-state index in [2.05, 4.69) is 10.6 Å². The smallest absolute Gasteiger partial charge is 0.315 e. The predicted molar refractivity (Wildman–Crippen MR) is 64.2 cm³/mol. The normalized spacial score (nSPS) is 31.3. The van der Waals surface area contributed by atoms with Crippen molar-refractivity contribution in [2.45, 2.75) is 69.5 Å². The number of nitrogens with one attached hydrogen (secondary N) is 2. The van der Waals surface area contributed by atoms with Crippen LogP contribution in [0.4, 0.5) is 4.79 Å². The Morgan fingerprint density at radius 1 is 0.938 bits per heavy atom. The van der Waals surface area contributed by atoms with Gasteiger partial charge in [-0.05, 0) is 32.1 Å². The van der Waals surface area contributed by atoms with Crippen LogP contribution in [0.15, 0.2) is 0 Å². The topological polar surface area (TPSA) is 67.1 Å². The van der Waals surface area contributed by atoms with Crippen molar-refractivity contribution >= 4 is 6.03 Å². The lowest BCUT2D eigenvalue weighted by molar-refractivity contribution is 0.229. The van der Waals surface area contributed by atoms with Crippen molar-refractivity contribution < 1.29 is 4.79 Å². The van der Waals surface area contributed by atoms with E-state index in [1.165, 1.54) is 19.3 Å². The minimum absolute atomic E-state index is 0.00556. The molecule has 0 spiro atoms. The van der Waals surface area contributed by atoms with E-state index in [4.69, 9.17) is 5.73 Å². The molecule has 16 heavy (non-hydrogen) atoms. The molecule has 4 N–H and O–H groups in total. The molecule has 0 heterocycles. The Morgan fingerprint density at radius 3 is 2.25 bits per heavy atom. The van der Waals surface area contributed by atoms with Gasteiger partial charge >= 0.3 is 6.03 Å². The standard InChI is InChI=1S/C12H23N3O/c13-9-6-7-11(8-9)15-12(16)14-10-4-2-1-3-5-10/h9-11H,1-8,13H2,(H2,14,15,16). The van der Waals surface area contributed by atoms with Gasteiger partial charge in [0.1, 0.15) is 0 Å². The second kappa shape index (κ2) is 5.53. The molecule has 2 atom stereocenters. The third-order valence-corrected chi connectivity index (χ3v) is 3.75. The van der Waals surface area contributed by atoms with Crippen molar-refractivity contribution in [3.63, 3.8) is 0 Å². The summed E-state index contributed by atoms with van der Waals surface area (Å²) < 4.78 is 0. The van der Waals surface area contributed by atoms with Crippen LogP contribution in [0.1, 0.15) is 51.4 Å². The van der Waals surface area contributed by atoms with Crippen molar-refractivity contribution in [3.05, 3.63) is 0 Å². The van der Waals surface area contributed by atoms with Crippen LogP contribution in [-0.4, -0.2) is 24.2 Å². The second-order valence-corrected chi connectivity index (χ2v) is 5.22. The van der Waals surface area contributed by atoms with Crippen molar-refractivity contribution in [1.29, 1.82) is 0 Å². The van der Waals surface area contributed by atoms with E-state index in [0.29, 0.717) is 12.1 Å². The first-order chi connectivity index (χ1) is 7.74. The minimum Gasteiger partial charge on any atom is -0.335 e. The maximum absolute atomic E-state index is 11.7. The summed E-state index contributed by atoms with van der Waals surface area (Å²) in [5.74, 6) is 0. The van der Waals surface area contributed by atoms with Gasteiger partial charge in [-0.15, -0.1) is 0 Å². The maximum atomic E-state index is 11.7. The van der Waals surface area contributed by atoms with Gasteiger partial charge in [0.2, 0.25) is 0 Å². The first-order valence-corrected chi connectivity index (χ1v) is 6.56. The van der Waals surface area contributed by atoms with Crippen LogP contribution in [-0.2, 0) is 0 Å². The van der Waals surface area contributed by atoms with Gasteiger partial charge in [0.05, 0.1) is 0 Å². The third kappa shape index (κ3) is 3.37. The first kappa shape index (κ1) is 11.7. The molecular formula is C12H23N3O. The maximum Gasteiger partial charge on any atom is 0.315 e. The van der Waals surface area contributed by atoms with Gasteiger partial charge in [-0.3, -0.25) is 0 Å². The van der Waals surface area contributed by atoms with Crippen molar-refractivity contribution in [2.24, 2.45) is 5.73 Å². The summed E-state index contributed by atoms with van der Waals surface area (Å²) in [5, 5.41) is 6.10. The molecule has 2 unspecified atom stereocenters. The van der Waals surface area contributed by atoms with Crippen molar-refractivity contribution in [1.82, 2.24) is 10.6 Å². The molecule has 2 rings (SSSR count). The zero-order valence-corrected chi connectivity index (χ0v) is 9.87. The summed E-state index contributed by atoms with van der Waals surface area (Å²) in [6, 6.07) is 0.966. The zero-order chi connectivity index (χ0) is 11.4. The van der Waals surface area contributed by atoms with Crippen molar-refractivity contribution in [3.8, 4) is 0 Å². The number of rotatable bonds is 2. The van der Waals surface area contributed by atoms with Gasteiger partial charge in [0, 0.05) is 18.1 Å². The van der Waals surface area contributed by atoms with E-state index in [0.717, 1.165) is 32.1 Å². The van der Waals surface area contributed by atoms with E-state index in [1.807, 2.05) is 0 Å². The van der Waals surface area contributed by atoms with Crippen LogP contribution in [0.2, 0.25) is 0 Å². The molecule has 0 aromatic rings. The van der Waals surface area contributed by atoms with Crippen LogP contribution in [0.3, 0.4) is 0 Å². The minimum atomic E-state index is 0.00556. The predicted octanol–water partition coefficient (Wildman–Crippen LogP) is 1.50. The fraction of sp³-hybridized carbons (Fsp3) is 0.917. The highest BCUT2D eigenvalue weighted by Gasteiger charge is 2.24. The summed E-state index contributed by atoms with van der Waals surface area (Å²) in [6.45, 7) is 0. The van der Waals surface area contributed by atoms with Gasteiger partial charge in [-0.25, -0.2) is 4.79 Å². The molecule has 4 heteroatoms. The number of nitrogens with two attached hydrogens (primary N) is 1. The Hall–Kier alpha value is -0.770. The Morgan fingerprint density at radius 2 is 1.62 bits per heavy atom. The highest BCUT2D eigenvalue weighted by Crippen LogP contribution is 2.18. The Balaban J connectivity index is 1.67. The van der Waals surface area contributed by atoms with E-state index < -0.39 is 0 Å². The number of urea groups is 1. The van der Waals surface area contributed by atoms with Crippen LogP contribution < -0.4 is 16.4 Å². The lowest BCUT2D eigenvalue weighted by atomic mass is 9.96. The SMILES string of the molecule is NC1CCC(NC(=O)NC2CCCCC2)C1. The fourth-order valence-corrected chi connectivity index (χ4v) is 2.81. The number of hydrogen-bond donors (Lipinski definition) is 3. The summed E-state index contributed by atoms with van der Waals surface area (Å²) in [6.07, 6.45) is 9.08. The number of carbonyl (C=O) groups excluding carboxylic acids is 1. The largest absolute Gasteiger partial charge is 0.335 e. The number of amides is 2. The fourth-order valence-electron chi connectivity index (χ4n) is 2.81. The van der Waals surface area contributed by atoms with Crippen LogP contribution in [0, 0.1) is 0 Å². The van der Waals surface area contributed by atoms with Crippen molar-refractivity contribution in [2.75, 3.05) is 0 Å². The molecule has 0 aliphatic heterocycles. The molecule has 0 aromatic carbocycles. The van der Waals surface area contributed by atoms with E-state index in [9.17, 15) is 4.79 Å². The summed E-state index contributed by atoms with van der Waals surface area (Å²) in [7, 11) is 0. The Kier molecular flexibility index (Phi) is 4.04. The zero-order valence-electron chi connectivity index (χ0n) is 9.87. The molecule has 2 aliphatic rings. The van der Waals surface area contributed by atoms with Gasteiger partial charge < -0.3 is 16.4 Å². The van der Waals surface area contributed by atoms with E-state index >= 15 is 0 Å². The average molecular weight is 225 g/mol. The van der Waals surface area contributed by atoms with Gasteiger partial charge in [-0.1, -0.05) is 19.3 Å². The summed E-state index contributed by atoms with van der Waals surface area (Å²) in [5.41, 5.74) is 5.81. The first-order valence-electron chi connectivity index (χ1n) is 6.56. The quantitative estimate of drug-likeness (QED) is 0.666. The monoisotopic (exact) mass is 225 g/mol. The van der Waals surface area contributed by atoms with E-state index in [1.54, 1.807) is 0 Å². The molecule has 2 aliphatic carbocycles. The Bertz CT molecular complexity index is 230. The molecule has 2 amide bonds.